The summed E-state index contributed by atoms with van der Waals surface area (Å²) < 4.78 is 5.33. The van der Waals surface area contributed by atoms with Gasteiger partial charge < -0.3 is 4.74 Å². The molecule has 21 heavy (non-hydrogen) atoms. The van der Waals surface area contributed by atoms with Crippen LogP contribution in [0.25, 0.3) is 0 Å². The van der Waals surface area contributed by atoms with Crippen LogP contribution in [0.4, 0.5) is 0 Å². The molecule has 2 amide bonds. The number of thioether (sulfide) groups is 2. The standard InChI is InChI=1S/C12H14N2O4S3/c1-3-13-10(17)9(21-12(13)19)11-14(7(15)6-20-11)5-8(16)18-4-2/h3-6H2,1-2H3/b11-9-. The molecule has 2 aliphatic heterocycles. The number of amides is 2. The number of esters is 1. The molecule has 2 aliphatic rings. The number of nitrogens with zero attached hydrogens (tertiary/aromatic N) is 2. The number of thiocarbonyl (C=S) groups is 1. The molecule has 6 nitrogen and oxygen atoms in total. The van der Waals surface area contributed by atoms with Crippen LogP contribution in [0, 0.1) is 0 Å². The van der Waals surface area contributed by atoms with Gasteiger partial charge in [0, 0.05) is 6.54 Å². The molecule has 0 spiro atoms. The summed E-state index contributed by atoms with van der Waals surface area (Å²) in [5.41, 5.74) is 0. The van der Waals surface area contributed by atoms with Gasteiger partial charge in [-0.15, -0.1) is 0 Å². The van der Waals surface area contributed by atoms with Crippen LogP contribution in [0.3, 0.4) is 0 Å². The van der Waals surface area contributed by atoms with E-state index in [1.54, 1.807) is 6.92 Å². The summed E-state index contributed by atoms with van der Waals surface area (Å²) in [6.45, 7) is 4.10. The van der Waals surface area contributed by atoms with Gasteiger partial charge in [-0.05, 0) is 13.8 Å². The maximum atomic E-state index is 12.3. The molecule has 2 saturated heterocycles. The first-order chi connectivity index (χ1) is 9.99. The monoisotopic (exact) mass is 346 g/mol. The molecule has 0 atom stereocenters. The molecule has 114 valence electrons. The van der Waals surface area contributed by atoms with Crippen molar-refractivity contribution in [2.45, 2.75) is 13.8 Å². The molecule has 0 bridgehead atoms. The molecule has 2 heterocycles. The van der Waals surface area contributed by atoms with Crippen LogP contribution < -0.4 is 0 Å². The average Bonchev–Trinajstić information content (AvgIpc) is 2.91. The molecule has 0 aromatic carbocycles. The predicted octanol–water partition coefficient (Wildman–Crippen LogP) is 1.17. The van der Waals surface area contributed by atoms with E-state index in [0.717, 1.165) is 0 Å². The van der Waals surface area contributed by atoms with E-state index in [0.29, 0.717) is 20.8 Å². The topological polar surface area (TPSA) is 66.9 Å². The molecule has 2 fully saturated rings. The zero-order chi connectivity index (χ0) is 15.6. The Labute approximate surface area is 136 Å². The molecule has 0 aromatic heterocycles. The highest BCUT2D eigenvalue weighted by Gasteiger charge is 2.39. The summed E-state index contributed by atoms with van der Waals surface area (Å²) in [5, 5.41) is 0.501. The minimum Gasteiger partial charge on any atom is -0.465 e. The first-order valence-electron chi connectivity index (χ1n) is 6.36. The fraction of sp³-hybridized carbons (Fsp3) is 0.500. The first-order valence-corrected chi connectivity index (χ1v) is 8.57. The van der Waals surface area contributed by atoms with E-state index in [2.05, 4.69) is 0 Å². The van der Waals surface area contributed by atoms with Crippen molar-refractivity contribution in [1.29, 1.82) is 0 Å². The van der Waals surface area contributed by atoms with Crippen molar-refractivity contribution >= 4 is 57.8 Å². The third-order valence-electron chi connectivity index (χ3n) is 2.83. The van der Waals surface area contributed by atoms with Crippen molar-refractivity contribution in [2.75, 3.05) is 25.4 Å². The number of hydrogen-bond acceptors (Lipinski definition) is 7. The van der Waals surface area contributed by atoms with Gasteiger partial charge >= 0.3 is 5.97 Å². The number of likely N-dealkylation sites (N-methyl/N-ethyl adjacent to an activating group) is 1. The van der Waals surface area contributed by atoms with Crippen LogP contribution in [0.5, 0.6) is 0 Å². The fourth-order valence-corrected chi connectivity index (χ4v) is 4.49. The van der Waals surface area contributed by atoms with Crippen LogP contribution in [0.1, 0.15) is 13.8 Å². The second-order valence-electron chi connectivity index (χ2n) is 4.13. The normalized spacial score (nSPS) is 22.5. The van der Waals surface area contributed by atoms with Gasteiger partial charge in [0.25, 0.3) is 5.91 Å². The summed E-state index contributed by atoms with van der Waals surface area (Å²) in [7, 11) is 0. The Balaban J connectivity index is 2.27. The van der Waals surface area contributed by atoms with Crippen LogP contribution in [0.2, 0.25) is 0 Å². The molecule has 0 saturated carbocycles. The van der Waals surface area contributed by atoms with Crippen LogP contribution in [-0.2, 0) is 19.1 Å². The van der Waals surface area contributed by atoms with Crippen molar-refractivity contribution in [2.24, 2.45) is 0 Å². The van der Waals surface area contributed by atoms with Gasteiger partial charge in [-0.1, -0.05) is 35.7 Å². The fourth-order valence-electron chi connectivity index (χ4n) is 1.88. The summed E-state index contributed by atoms with van der Waals surface area (Å²) in [5.74, 6) is -0.689. The molecule has 0 radical (unpaired) electrons. The Morgan fingerprint density at radius 2 is 2.05 bits per heavy atom. The molecule has 2 rings (SSSR count). The second-order valence-corrected chi connectivity index (χ2v) is 6.73. The molecular weight excluding hydrogens is 332 g/mol. The Morgan fingerprint density at radius 3 is 2.62 bits per heavy atom. The van der Waals surface area contributed by atoms with E-state index >= 15 is 0 Å². The summed E-state index contributed by atoms with van der Waals surface area (Å²) in [4.78, 5) is 39.0. The van der Waals surface area contributed by atoms with E-state index in [-0.39, 0.29) is 30.7 Å². The SMILES string of the molecule is CCOC(=O)CN1C(=O)CS/C1=C1\SC(=S)N(CC)C1=O. The third-order valence-corrected chi connectivity index (χ3v) is 5.49. The number of hydrogen-bond donors (Lipinski definition) is 0. The van der Waals surface area contributed by atoms with Gasteiger partial charge in [-0.3, -0.25) is 24.2 Å². The highest BCUT2D eigenvalue weighted by molar-refractivity contribution is 8.27. The highest BCUT2D eigenvalue weighted by Crippen LogP contribution is 2.41. The van der Waals surface area contributed by atoms with Crippen molar-refractivity contribution in [3.05, 3.63) is 9.93 Å². The van der Waals surface area contributed by atoms with Crippen LogP contribution in [-0.4, -0.2) is 57.4 Å². The Morgan fingerprint density at radius 1 is 1.33 bits per heavy atom. The summed E-state index contributed by atoms with van der Waals surface area (Å²) in [6.07, 6.45) is 0. The van der Waals surface area contributed by atoms with Crippen LogP contribution >= 0.6 is 35.7 Å². The Hall–Kier alpha value is -1.06. The molecule has 0 aromatic rings. The van der Waals surface area contributed by atoms with Crippen LogP contribution in [0.15, 0.2) is 9.93 Å². The molecular formula is C12H14N2O4S3. The smallest absolute Gasteiger partial charge is 0.326 e. The molecule has 0 aliphatic carbocycles. The van der Waals surface area contributed by atoms with E-state index in [1.807, 2.05) is 6.92 Å². The molecule has 0 N–H and O–H groups in total. The lowest BCUT2D eigenvalue weighted by Gasteiger charge is -2.17. The maximum absolute atomic E-state index is 12.3. The third kappa shape index (κ3) is 3.24. The highest BCUT2D eigenvalue weighted by atomic mass is 32.2. The van der Waals surface area contributed by atoms with Crippen molar-refractivity contribution in [3.8, 4) is 0 Å². The lowest BCUT2D eigenvalue weighted by Crippen LogP contribution is -2.33. The van der Waals surface area contributed by atoms with Gasteiger partial charge in [0.05, 0.1) is 17.4 Å². The maximum Gasteiger partial charge on any atom is 0.326 e. The Bertz CT molecular complexity index is 547. The van der Waals surface area contributed by atoms with Gasteiger partial charge in [0.2, 0.25) is 5.91 Å². The molecule has 9 heteroatoms. The summed E-state index contributed by atoms with van der Waals surface area (Å²) >= 11 is 7.58. The Kier molecular flexibility index (Phi) is 5.28. The van der Waals surface area contributed by atoms with E-state index < -0.39 is 5.97 Å². The van der Waals surface area contributed by atoms with Crippen molar-refractivity contribution in [3.63, 3.8) is 0 Å². The number of rotatable bonds is 4. The summed E-state index contributed by atoms with van der Waals surface area (Å²) in [6, 6.07) is 0. The largest absolute Gasteiger partial charge is 0.465 e. The van der Waals surface area contributed by atoms with E-state index in [1.165, 1.54) is 33.3 Å². The number of ether oxygens (including phenoxy) is 1. The van der Waals surface area contributed by atoms with Gasteiger partial charge in [-0.2, -0.15) is 0 Å². The minimum absolute atomic E-state index is 0.175. The second kappa shape index (κ2) is 6.80. The zero-order valence-corrected chi connectivity index (χ0v) is 14.0. The predicted molar refractivity (Wildman–Crippen MR) is 85.4 cm³/mol. The van der Waals surface area contributed by atoms with Crippen molar-refractivity contribution < 1.29 is 19.1 Å². The average molecular weight is 346 g/mol. The van der Waals surface area contributed by atoms with Gasteiger partial charge in [0.1, 0.15) is 15.8 Å². The van der Waals surface area contributed by atoms with E-state index in [4.69, 9.17) is 17.0 Å². The molecule has 0 unspecified atom stereocenters. The minimum atomic E-state index is -0.489. The van der Waals surface area contributed by atoms with Gasteiger partial charge in [-0.25, -0.2) is 0 Å². The number of carbonyl (C=O) groups is 3. The lowest BCUT2D eigenvalue weighted by molar-refractivity contribution is -0.146. The number of carbonyl (C=O) groups excluding carboxylic acids is 3. The first kappa shape index (κ1) is 16.3. The quantitative estimate of drug-likeness (QED) is 0.430. The van der Waals surface area contributed by atoms with Crippen molar-refractivity contribution in [1.82, 2.24) is 9.80 Å². The lowest BCUT2D eigenvalue weighted by atomic mass is 10.4. The zero-order valence-electron chi connectivity index (χ0n) is 11.6. The van der Waals surface area contributed by atoms with E-state index in [9.17, 15) is 14.4 Å². The van der Waals surface area contributed by atoms with Gasteiger partial charge in [0.15, 0.2) is 0 Å².